The third-order valence-electron chi connectivity index (χ3n) is 19.5. The van der Waals surface area contributed by atoms with Crippen molar-refractivity contribution in [2.45, 2.75) is 107 Å². The minimum Gasteiger partial charge on any atom is -0.457 e. The van der Waals surface area contributed by atoms with Gasteiger partial charge in [0.25, 0.3) is 0 Å². The van der Waals surface area contributed by atoms with Crippen molar-refractivity contribution in [1.29, 1.82) is 0 Å². The van der Waals surface area contributed by atoms with Gasteiger partial charge in [-0.1, -0.05) is 148 Å². The van der Waals surface area contributed by atoms with Crippen molar-refractivity contribution in [2.75, 3.05) is 5.01 Å². The maximum absolute atomic E-state index is 7.71. The SMILES string of the molecule is CC(C)(C)c1nc2c(o1)C1(c3ccccc3-c3ccccc31)c1cc3c(c4c1B2N1B2c5c(cc6c(c5N41)C1CCC6CC1)-c1ccccc1-c1ccccc1-c1oc4ccccc4c12)C1CCC3CC1. The van der Waals surface area contributed by atoms with Crippen LogP contribution in [0.5, 0.6) is 0 Å². The van der Waals surface area contributed by atoms with Crippen LogP contribution < -0.4 is 27.0 Å². The molecule has 0 amide bonds. The van der Waals surface area contributed by atoms with E-state index in [0.29, 0.717) is 23.7 Å². The number of hydrazine groups is 1. The number of hydrogen-bond donors (Lipinski definition) is 0. The number of nitrogens with zero attached hydrogens (tertiary/aromatic N) is 3. The van der Waals surface area contributed by atoms with E-state index in [1.807, 2.05) is 0 Å². The number of hydrogen-bond acceptors (Lipinski definition) is 5. The summed E-state index contributed by atoms with van der Waals surface area (Å²) in [5.41, 5.74) is 27.5. The summed E-state index contributed by atoms with van der Waals surface area (Å²) < 4.78 is 15.1. The fraction of sp³-hybridized carbons (Fsp3) is 0.266. The van der Waals surface area contributed by atoms with Gasteiger partial charge in [-0.15, -0.1) is 0 Å². The van der Waals surface area contributed by atoms with E-state index in [0.717, 1.165) is 34.2 Å². The van der Waals surface area contributed by atoms with Gasteiger partial charge in [0.2, 0.25) is 0 Å². The molecule has 71 heavy (non-hydrogen) atoms. The average molecular weight is 916 g/mol. The zero-order chi connectivity index (χ0) is 46.4. The summed E-state index contributed by atoms with van der Waals surface area (Å²) in [6.45, 7) is 6.41. The van der Waals surface area contributed by atoms with Crippen molar-refractivity contribution in [1.82, 2.24) is 9.81 Å². The molecule has 2 aromatic heterocycles. The Morgan fingerprint density at radius 3 is 1.68 bits per heavy atom. The van der Waals surface area contributed by atoms with Crippen LogP contribution in [0.25, 0.3) is 55.7 Å². The minimum atomic E-state index is -0.681. The van der Waals surface area contributed by atoms with E-state index < -0.39 is 5.41 Å². The molecule has 0 radical (unpaired) electrons. The van der Waals surface area contributed by atoms with Crippen LogP contribution in [-0.4, -0.2) is 23.5 Å². The van der Waals surface area contributed by atoms with E-state index >= 15 is 0 Å². The van der Waals surface area contributed by atoms with Crippen molar-refractivity contribution < 1.29 is 8.83 Å². The molecular weight excluding hydrogens is 864 g/mol. The summed E-state index contributed by atoms with van der Waals surface area (Å²) in [5, 5.41) is 4.10. The largest absolute Gasteiger partial charge is 0.457 e. The second-order valence-electron chi connectivity index (χ2n) is 23.7. The topological polar surface area (TPSA) is 45.7 Å². The Balaban J connectivity index is 1.07. The molecule has 340 valence electrons. The first-order valence-electron chi connectivity index (χ1n) is 26.8. The number of furan rings is 1. The quantitative estimate of drug-likeness (QED) is 0.142. The van der Waals surface area contributed by atoms with E-state index in [1.54, 1.807) is 22.3 Å². The summed E-state index contributed by atoms with van der Waals surface area (Å²) in [5.74, 6) is 4.88. The third kappa shape index (κ3) is 4.46. The van der Waals surface area contributed by atoms with Gasteiger partial charge in [-0.2, -0.15) is 0 Å². The standard InChI is InChI=1S/C64H51B2N3O2/c1-63(2,3)62-67-61-60(71-62)64(48-21-11-8-17-41(48)42-18-9-12-22-49(42)64)50-33-46-35-26-30-37(31-27-35)53(46)58-56(50)66(61)69-65-54-47(32-45-34-24-28-36(29-25-34)52(45)57(54)68(58)69)40-16-5-4-14-38(40)39-15-6-7-19-43(39)59-55(65)44-20-10-13-23-51(44)70-59/h4-23,32-37H,24-31H2,1-3H3. The van der Waals surface area contributed by atoms with Gasteiger partial charge in [0.15, 0.2) is 5.89 Å². The summed E-state index contributed by atoms with van der Waals surface area (Å²) in [4.78, 5) is 8.86. The molecule has 0 saturated heterocycles. The van der Waals surface area contributed by atoms with Gasteiger partial charge in [0, 0.05) is 16.4 Å². The minimum absolute atomic E-state index is 0.204. The molecule has 11 aliphatic rings. The van der Waals surface area contributed by atoms with E-state index in [2.05, 4.69) is 164 Å². The van der Waals surface area contributed by atoms with E-state index in [4.69, 9.17) is 13.8 Å². The molecule has 2 saturated carbocycles. The number of fused-ring (bicyclic) bond motifs is 27. The highest BCUT2D eigenvalue weighted by Crippen LogP contribution is 2.64. The van der Waals surface area contributed by atoms with Gasteiger partial charge in [0.05, 0.1) is 17.0 Å². The van der Waals surface area contributed by atoms with Crippen LogP contribution in [0.4, 0.5) is 11.4 Å². The third-order valence-corrected chi connectivity index (χ3v) is 19.5. The van der Waals surface area contributed by atoms with Gasteiger partial charge >= 0.3 is 13.7 Å². The van der Waals surface area contributed by atoms with Gasteiger partial charge in [-0.3, -0.25) is 9.84 Å². The predicted molar refractivity (Wildman–Crippen MR) is 287 cm³/mol. The summed E-state index contributed by atoms with van der Waals surface area (Å²) in [6.07, 6.45) is 10.1. The smallest absolute Gasteiger partial charge is 0.328 e. The lowest BCUT2D eigenvalue weighted by molar-refractivity contribution is 0.353. The number of aromatic nitrogens is 1. The molecule has 4 bridgehead atoms. The van der Waals surface area contributed by atoms with Gasteiger partial charge in [0.1, 0.15) is 22.5 Å². The van der Waals surface area contributed by atoms with Crippen LogP contribution in [0.2, 0.25) is 0 Å². The van der Waals surface area contributed by atoms with Crippen molar-refractivity contribution >= 4 is 58.0 Å². The van der Waals surface area contributed by atoms with Gasteiger partial charge < -0.3 is 8.83 Å². The Morgan fingerprint density at radius 2 is 1.03 bits per heavy atom. The first-order chi connectivity index (χ1) is 34.9. The number of benzene rings is 7. The molecule has 0 N–H and O–H groups in total. The van der Waals surface area contributed by atoms with E-state index in [1.165, 1.54) is 135 Å². The molecule has 5 nitrogen and oxygen atoms in total. The summed E-state index contributed by atoms with van der Waals surface area (Å²) >= 11 is 0. The Labute approximate surface area is 415 Å². The highest BCUT2D eigenvalue weighted by molar-refractivity contribution is 7.02. The summed E-state index contributed by atoms with van der Waals surface area (Å²) in [7, 11) is 0. The second kappa shape index (κ2) is 13.0. The second-order valence-corrected chi connectivity index (χ2v) is 23.7. The number of anilines is 2. The zero-order valence-electron chi connectivity index (χ0n) is 40.5. The van der Waals surface area contributed by atoms with E-state index in [-0.39, 0.29) is 19.1 Å². The Hall–Kier alpha value is -6.82. The van der Waals surface area contributed by atoms with Crippen LogP contribution in [0.1, 0.15) is 146 Å². The average Bonchev–Trinajstić information content (AvgIpc) is 4.26. The molecule has 7 aliphatic carbocycles. The van der Waals surface area contributed by atoms with Crippen LogP contribution in [0.15, 0.2) is 142 Å². The molecule has 20 rings (SSSR count). The molecule has 4 aliphatic heterocycles. The lowest BCUT2D eigenvalue weighted by Crippen LogP contribution is -2.68. The van der Waals surface area contributed by atoms with Crippen LogP contribution in [0, 0.1) is 0 Å². The molecule has 9 aromatic rings. The van der Waals surface area contributed by atoms with Crippen LogP contribution in [0.3, 0.4) is 0 Å². The Bertz CT molecular complexity index is 3870. The predicted octanol–water partition coefficient (Wildman–Crippen LogP) is 12.8. The van der Waals surface area contributed by atoms with Gasteiger partial charge in [-0.25, -0.2) is 4.98 Å². The fourth-order valence-electron chi connectivity index (χ4n) is 16.8. The first kappa shape index (κ1) is 38.9. The molecule has 1 spiro atoms. The van der Waals surface area contributed by atoms with Crippen molar-refractivity contribution in [3.63, 3.8) is 0 Å². The van der Waals surface area contributed by atoms with Gasteiger partial charge in [-0.05, 0) is 170 Å². The molecule has 0 unspecified atom stereocenters. The fourth-order valence-corrected chi connectivity index (χ4v) is 16.8. The number of oxazole rings is 1. The Morgan fingerprint density at radius 1 is 0.507 bits per heavy atom. The van der Waals surface area contributed by atoms with Crippen molar-refractivity contribution in [2.24, 2.45) is 0 Å². The lowest BCUT2D eigenvalue weighted by atomic mass is 9.36. The molecule has 6 heterocycles. The van der Waals surface area contributed by atoms with Crippen LogP contribution in [-0.2, 0) is 10.8 Å². The van der Waals surface area contributed by atoms with Crippen molar-refractivity contribution in [3.05, 3.63) is 184 Å². The first-order valence-corrected chi connectivity index (χ1v) is 26.8. The van der Waals surface area contributed by atoms with Crippen molar-refractivity contribution in [3.8, 4) is 44.7 Å². The maximum atomic E-state index is 7.71. The number of para-hydroxylation sites is 1. The highest BCUT2D eigenvalue weighted by atomic mass is 16.4. The maximum Gasteiger partial charge on any atom is 0.328 e. The Kier molecular flexibility index (Phi) is 7.11. The highest BCUT2D eigenvalue weighted by Gasteiger charge is 2.67. The molecule has 2 fully saturated rings. The molecule has 7 aromatic carbocycles. The lowest BCUT2D eigenvalue weighted by Gasteiger charge is -2.45. The van der Waals surface area contributed by atoms with Crippen LogP contribution >= 0.6 is 0 Å². The zero-order valence-corrected chi connectivity index (χ0v) is 40.5. The number of rotatable bonds is 0. The normalized spacial score (nSPS) is 22.4. The summed E-state index contributed by atoms with van der Waals surface area (Å²) in [6, 6.07) is 51.3. The molecule has 7 heteroatoms. The molecular formula is C64H51B2N3O2. The molecule has 0 atom stereocenters. The monoisotopic (exact) mass is 915 g/mol. The van der Waals surface area contributed by atoms with E-state index in [9.17, 15) is 0 Å².